The molecule has 0 unspecified atom stereocenters. The zero-order valence-electron chi connectivity index (χ0n) is 16.7. The zero-order chi connectivity index (χ0) is 20.1. The lowest BCUT2D eigenvalue weighted by molar-refractivity contribution is 0.0340. The lowest BCUT2D eigenvalue weighted by Gasteiger charge is -2.38. The molecule has 5 heterocycles. The summed E-state index contributed by atoms with van der Waals surface area (Å²) in [5.41, 5.74) is 7.72. The van der Waals surface area contributed by atoms with Gasteiger partial charge in [-0.1, -0.05) is 0 Å². The van der Waals surface area contributed by atoms with Crippen molar-refractivity contribution < 1.29 is 4.74 Å². The molecule has 6 rings (SSSR count). The second-order valence-electron chi connectivity index (χ2n) is 8.47. The minimum Gasteiger partial charge on any atom is -0.383 e. The highest BCUT2D eigenvalue weighted by Gasteiger charge is 2.44. The standard InChI is InChI=1S/C21H25N7O/c1-12-11-29-13(2)9-27(12)19-6-18(16-5-15(7-22)20(23)24-8-16)25-21(26-19)28-10-14-3-17(28)4-14/h5-6,8,12-14,17H,3-4,9-11H2,1-2H3,(H2,23,24)/t12-,13-,14?,17?/m0/s1. The molecule has 0 aromatic carbocycles. The van der Waals surface area contributed by atoms with Crippen LogP contribution in [0.25, 0.3) is 11.3 Å². The fraction of sp³-hybridized carbons (Fsp3) is 0.524. The number of ether oxygens (including phenoxy) is 1. The fourth-order valence-electron chi connectivity index (χ4n) is 4.55. The monoisotopic (exact) mass is 391 g/mol. The van der Waals surface area contributed by atoms with Crippen LogP contribution < -0.4 is 15.5 Å². The Kier molecular flexibility index (Phi) is 4.28. The number of hydrogen-bond acceptors (Lipinski definition) is 8. The molecule has 1 aliphatic carbocycles. The summed E-state index contributed by atoms with van der Waals surface area (Å²) in [6.07, 6.45) is 4.30. The van der Waals surface area contributed by atoms with Gasteiger partial charge in [-0.15, -0.1) is 0 Å². The first-order valence-corrected chi connectivity index (χ1v) is 10.2. The molecule has 8 heteroatoms. The predicted octanol–water partition coefficient (Wildman–Crippen LogP) is 2.20. The van der Waals surface area contributed by atoms with Crippen molar-refractivity contribution in [3.8, 4) is 17.3 Å². The van der Waals surface area contributed by atoms with E-state index in [4.69, 9.17) is 20.4 Å². The molecule has 4 aliphatic rings. The smallest absolute Gasteiger partial charge is 0.228 e. The van der Waals surface area contributed by atoms with Crippen LogP contribution in [-0.4, -0.2) is 52.8 Å². The first-order valence-electron chi connectivity index (χ1n) is 10.2. The molecule has 0 spiro atoms. The van der Waals surface area contributed by atoms with Crippen LogP contribution in [0, 0.1) is 17.2 Å². The highest BCUT2D eigenvalue weighted by atomic mass is 16.5. The minimum atomic E-state index is 0.149. The Labute approximate surface area is 170 Å². The van der Waals surface area contributed by atoms with Gasteiger partial charge in [0.05, 0.1) is 30.0 Å². The number of nitrogens with two attached hydrogens (primary N) is 1. The first kappa shape index (κ1) is 18.1. The Bertz CT molecular complexity index is 981. The number of rotatable bonds is 3. The van der Waals surface area contributed by atoms with Crippen molar-refractivity contribution in [1.82, 2.24) is 15.0 Å². The number of aromatic nitrogens is 3. The van der Waals surface area contributed by atoms with Crippen molar-refractivity contribution in [2.24, 2.45) is 5.92 Å². The highest BCUT2D eigenvalue weighted by molar-refractivity contribution is 5.68. The first-order chi connectivity index (χ1) is 14.0. The Morgan fingerprint density at radius 1 is 1.17 bits per heavy atom. The van der Waals surface area contributed by atoms with Crippen molar-refractivity contribution in [3.63, 3.8) is 0 Å². The highest BCUT2D eigenvalue weighted by Crippen LogP contribution is 2.43. The lowest BCUT2D eigenvalue weighted by Crippen LogP contribution is -2.48. The van der Waals surface area contributed by atoms with Crippen molar-refractivity contribution >= 4 is 17.6 Å². The SMILES string of the molecule is C[C@H]1CN(c2cc(-c3cnc(N)c(C#N)c3)nc(N3CC4CC3C4)n2)[C@@H](C)CO1. The summed E-state index contributed by atoms with van der Waals surface area (Å²) in [6.45, 7) is 6.71. The Morgan fingerprint density at radius 3 is 2.72 bits per heavy atom. The number of morpholine rings is 1. The van der Waals surface area contributed by atoms with E-state index >= 15 is 0 Å². The van der Waals surface area contributed by atoms with E-state index in [1.165, 1.54) is 12.8 Å². The summed E-state index contributed by atoms with van der Waals surface area (Å²) in [7, 11) is 0. The van der Waals surface area contributed by atoms with Crippen LogP contribution in [0.2, 0.25) is 0 Å². The third-order valence-electron chi connectivity index (χ3n) is 6.30. The maximum atomic E-state index is 9.35. The van der Waals surface area contributed by atoms with Crippen LogP contribution in [0.3, 0.4) is 0 Å². The molecular weight excluding hydrogens is 366 g/mol. The van der Waals surface area contributed by atoms with Gasteiger partial charge in [0.1, 0.15) is 17.7 Å². The number of fused-ring (bicyclic) bond motifs is 1. The molecule has 1 saturated carbocycles. The van der Waals surface area contributed by atoms with Gasteiger partial charge in [-0.3, -0.25) is 0 Å². The van der Waals surface area contributed by atoms with Crippen molar-refractivity contribution in [3.05, 3.63) is 23.9 Å². The van der Waals surface area contributed by atoms with Gasteiger partial charge in [0.15, 0.2) is 0 Å². The van der Waals surface area contributed by atoms with Gasteiger partial charge < -0.3 is 20.3 Å². The molecule has 2 aromatic heterocycles. The molecule has 2 atom stereocenters. The maximum absolute atomic E-state index is 9.35. The fourth-order valence-corrected chi connectivity index (χ4v) is 4.55. The Balaban J connectivity index is 1.59. The van der Waals surface area contributed by atoms with Gasteiger partial charge in [-0.05, 0) is 38.7 Å². The largest absolute Gasteiger partial charge is 0.383 e. The summed E-state index contributed by atoms with van der Waals surface area (Å²) < 4.78 is 5.80. The van der Waals surface area contributed by atoms with Gasteiger partial charge in [0.25, 0.3) is 0 Å². The number of nitriles is 1. The molecule has 0 radical (unpaired) electrons. The van der Waals surface area contributed by atoms with Crippen LogP contribution in [-0.2, 0) is 4.74 Å². The average molecular weight is 391 g/mol. The molecule has 29 heavy (non-hydrogen) atoms. The van der Waals surface area contributed by atoms with Crippen molar-refractivity contribution in [1.29, 1.82) is 5.26 Å². The molecule has 2 bridgehead atoms. The van der Waals surface area contributed by atoms with E-state index < -0.39 is 0 Å². The summed E-state index contributed by atoms with van der Waals surface area (Å²) in [5, 5.41) is 9.35. The van der Waals surface area contributed by atoms with Gasteiger partial charge in [-0.25, -0.2) is 9.97 Å². The van der Waals surface area contributed by atoms with E-state index in [2.05, 4.69) is 34.7 Å². The van der Waals surface area contributed by atoms with E-state index in [9.17, 15) is 5.26 Å². The molecular formula is C21H25N7O. The number of nitrogen functional groups attached to an aromatic ring is 1. The molecule has 3 aliphatic heterocycles. The van der Waals surface area contributed by atoms with E-state index in [-0.39, 0.29) is 18.0 Å². The third kappa shape index (κ3) is 3.15. The molecule has 2 N–H and O–H groups in total. The Hall–Kier alpha value is -2.92. The van der Waals surface area contributed by atoms with Crippen LogP contribution in [0.1, 0.15) is 32.3 Å². The van der Waals surface area contributed by atoms with Crippen molar-refractivity contribution in [2.75, 3.05) is 35.2 Å². The second-order valence-corrected chi connectivity index (χ2v) is 8.47. The normalized spacial score (nSPS) is 28.2. The van der Waals surface area contributed by atoms with Crippen LogP contribution in [0.5, 0.6) is 0 Å². The van der Waals surface area contributed by atoms with Gasteiger partial charge >= 0.3 is 0 Å². The molecule has 0 amide bonds. The molecule has 3 saturated heterocycles. The average Bonchev–Trinajstić information content (AvgIpc) is 3.31. The number of hydrogen-bond donors (Lipinski definition) is 1. The molecule has 4 fully saturated rings. The van der Waals surface area contributed by atoms with Crippen LogP contribution in [0.4, 0.5) is 17.6 Å². The van der Waals surface area contributed by atoms with Crippen molar-refractivity contribution in [2.45, 2.75) is 44.9 Å². The Morgan fingerprint density at radius 2 is 2.00 bits per heavy atom. The van der Waals surface area contributed by atoms with Gasteiger partial charge in [-0.2, -0.15) is 10.2 Å². The lowest BCUT2D eigenvalue weighted by atomic mass is 9.86. The van der Waals surface area contributed by atoms with Gasteiger partial charge in [0, 0.05) is 37.0 Å². The molecule has 150 valence electrons. The third-order valence-corrected chi connectivity index (χ3v) is 6.30. The van der Waals surface area contributed by atoms with Crippen LogP contribution >= 0.6 is 0 Å². The maximum Gasteiger partial charge on any atom is 0.228 e. The number of pyridine rings is 1. The zero-order valence-corrected chi connectivity index (χ0v) is 16.7. The number of nitrogens with zero attached hydrogens (tertiary/aromatic N) is 6. The van der Waals surface area contributed by atoms with Crippen LogP contribution in [0.15, 0.2) is 18.3 Å². The van der Waals surface area contributed by atoms with E-state index in [1.807, 2.05) is 6.07 Å². The topological polar surface area (TPSA) is 104 Å². The summed E-state index contributed by atoms with van der Waals surface area (Å²) in [4.78, 5) is 18.7. The predicted molar refractivity (Wildman–Crippen MR) is 110 cm³/mol. The molecule has 2 aromatic rings. The summed E-state index contributed by atoms with van der Waals surface area (Å²) in [6, 6.07) is 6.64. The van der Waals surface area contributed by atoms with Gasteiger partial charge in [0.2, 0.25) is 5.95 Å². The van der Waals surface area contributed by atoms with E-state index in [0.717, 1.165) is 42.0 Å². The van der Waals surface area contributed by atoms with E-state index in [1.54, 1.807) is 12.3 Å². The minimum absolute atomic E-state index is 0.149. The summed E-state index contributed by atoms with van der Waals surface area (Å²) in [5.74, 6) is 2.67. The quantitative estimate of drug-likeness (QED) is 0.849. The number of anilines is 3. The molecule has 8 nitrogen and oxygen atoms in total. The van der Waals surface area contributed by atoms with E-state index in [0.29, 0.717) is 18.2 Å². The summed E-state index contributed by atoms with van der Waals surface area (Å²) >= 11 is 0. The second kappa shape index (κ2) is 6.85.